The van der Waals surface area contributed by atoms with Crippen molar-refractivity contribution < 1.29 is 24.6 Å². The number of Topliss-reactive ketones (excluding diaryl/α,β-unsaturated/α-hetero) is 1. The van der Waals surface area contributed by atoms with Crippen LogP contribution < -0.4 is 0 Å². The van der Waals surface area contributed by atoms with Gasteiger partial charge in [0.1, 0.15) is 17.3 Å². The third kappa shape index (κ3) is 2.59. The van der Waals surface area contributed by atoms with Crippen molar-refractivity contribution >= 4 is 29.0 Å². The standard InChI is InChI=1S/C20H17ClO5/c1-20(2,3)12(22)8-11-15(21)19(26)14-13(18(11)25)16(23)9-6-4-5-7-10(9)17(14)24/h4-7,25-26H,8H2,1-3H3. The molecule has 0 spiro atoms. The molecule has 2 aromatic rings. The SMILES string of the molecule is CC(C)(C)C(=O)Cc1c(O)c2c(c(O)c1Cl)C(=O)c1ccccc1C2=O. The molecule has 2 N–H and O–H groups in total. The molecule has 0 unspecified atom stereocenters. The van der Waals surface area contributed by atoms with E-state index in [0.717, 1.165) is 0 Å². The van der Waals surface area contributed by atoms with Crippen LogP contribution in [0.2, 0.25) is 5.02 Å². The molecule has 0 radical (unpaired) electrons. The van der Waals surface area contributed by atoms with Gasteiger partial charge in [-0.15, -0.1) is 0 Å². The molecule has 0 fully saturated rings. The number of benzene rings is 2. The first-order chi connectivity index (χ1) is 12.1. The third-order valence-electron chi connectivity index (χ3n) is 4.53. The van der Waals surface area contributed by atoms with E-state index in [1.165, 1.54) is 12.1 Å². The van der Waals surface area contributed by atoms with Gasteiger partial charge in [0, 0.05) is 28.5 Å². The number of carbonyl (C=O) groups is 3. The zero-order chi connectivity index (χ0) is 19.4. The van der Waals surface area contributed by atoms with Crippen LogP contribution in [0.5, 0.6) is 11.5 Å². The molecular weight excluding hydrogens is 356 g/mol. The van der Waals surface area contributed by atoms with Gasteiger partial charge in [-0.25, -0.2) is 0 Å². The summed E-state index contributed by atoms with van der Waals surface area (Å²) in [6.45, 7) is 5.14. The number of halogens is 1. The van der Waals surface area contributed by atoms with Gasteiger partial charge in [-0.2, -0.15) is 0 Å². The number of phenols is 2. The lowest BCUT2D eigenvalue weighted by atomic mass is 9.80. The number of ketones is 3. The quantitative estimate of drug-likeness (QED) is 0.669. The number of hydrogen-bond donors (Lipinski definition) is 2. The maximum atomic E-state index is 12.8. The normalized spacial score (nSPS) is 13.4. The van der Waals surface area contributed by atoms with Crippen LogP contribution in [0.25, 0.3) is 0 Å². The molecule has 134 valence electrons. The van der Waals surface area contributed by atoms with Gasteiger partial charge in [-0.1, -0.05) is 56.6 Å². The largest absolute Gasteiger partial charge is 0.507 e. The second-order valence-electron chi connectivity index (χ2n) is 7.29. The van der Waals surface area contributed by atoms with E-state index in [1.54, 1.807) is 32.9 Å². The molecule has 5 nitrogen and oxygen atoms in total. The summed E-state index contributed by atoms with van der Waals surface area (Å²) in [6, 6.07) is 6.15. The van der Waals surface area contributed by atoms with Crippen LogP contribution in [0.4, 0.5) is 0 Å². The Morgan fingerprint density at radius 1 is 0.962 bits per heavy atom. The van der Waals surface area contributed by atoms with Crippen molar-refractivity contribution in [1.29, 1.82) is 0 Å². The predicted molar refractivity (Wildman–Crippen MR) is 96.3 cm³/mol. The van der Waals surface area contributed by atoms with Gasteiger partial charge in [0.2, 0.25) is 0 Å². The first-order valence-corrected chi connectivity index (χ1v) is 8.41. The van der Waals surface area contributed by atoms with Crippen molar-refractivity contribution in [1.82, 2.24) is 0 Å². The highest BCUT2D eigenvalue weighted by Gasteiger charge is 2.38. The van der Waals surface area contributed by atoms with Crippen molar-refractivity contribution in [3.05, 3.63) is 57.1 Å². The van der Waals surface area contributed by atoms with Crippen LogP contribution in [0.3, 0.4) is 0 Å². The molecule has 0 saturated carbocycles. The Kier molecular flexibility index (Phi) is 4.15. The number of aromatic hydroxyl groups is 2. The molecule has 26 heavy (non-hydrogen) atoms. The lowest BCUT2D eigenvalue weighted by Crippen LogP contribution is -2.24. The number of hydrogen-bond acceptors (Lipinski definition) is 5. The zero-order valence-corrected chi connectivity index (χ0v) is 15.3. The molecule has 1 aliphatic carbocycles. The van der Waals surface area contributed by atoms with Gasteiger partial charge in [-0.3, -0.25) is 14.4 Å². The van der Waals surface area contributed by atoms with Gasteiger partial charge in [0.05, 0.1) is 16.1 Å². The molecule has 0 amide bonds. The fourth-order valence-corrected chi connectivity index (χ4v) is 3.17. The van der Waals surface area contributed by atoms with Crippen LogP contribution >= 0.6 is 11.6 Å². The Bertz CT molecular complexity index is 983. The summed E-state index contributed by atoms with van der Waals surface area (Å²) in [6.07, 6.45) is -0.266. The van der Waals surface area contributed by atoms with Gasteiger partial charge in [0.15, 0.2) is 11.6 Å². The van der Waals surface area contributed by atoms with Crippen LogP contribution in [0.1, 0.15) is 58.2 Å². The maximum absolute atomic E-state index is 12.8. The first-order valence-electron chi connectivity index (χ1n) is 8.03. The summed E-state index contributed by atoms with van der Waals surface area (Å²) < 4.78 is 0. The average molecular weight is 373 g/mol. The lowest BCUT2D eigenvalue weighted by molar-refractivity contribution is -0.125. The van der Waals surface area contributed by atoms with Crippen LogP contribution in [-0.4, -0.2) is 27.6 Å². The van der Waals surface area contributed by atoms with Crippen LogP contribution in [0, 0.1) is 5.41 Å². The van der Waals surface area contributed by atoms with E-state index in [-0.39, 0.29) is 45.0 Å². The van der Waals surface area contributed by atoms with E-state index in [2.05, 4.69) is 0 Å². The monoisotopic (exact) mass is 372 g/mol. The molecule has 0 bridgehead atoms. The highest BCUT2D eigenvalue weighted by atomic mass is 35.5. The smallest absolute Gasteiger partial charge is 0.198 e. The maximum Gasteiger partial charge on any atom is 0.198 e. The van der Waals surface area contributed by atoms with E-state index in [0.29, 0.717) is 0 Å². The van der Waals surface area contributed by atoms with Crippen LogP contribution in [-0.2, 0) is 11.2 Å². The van der Waals surface area contributed by atoms with Crippen molar-refractivity contribution in [2.45, 2.75) is 27.2 Å². The van der Waals surface area contributed by atoms with E-state index in [4.69, 9.17) is 11.6 Å². The summed E-state index contributed by atoms with van der Waals surface area (Å²) in [5, 5.41) is 20.8. The summed E-state index contributed by atoms with van der Waals surface area (Å²) >= 11 is 6.14. The first kappa shape index (κ1) is 18.1. The second-order valence-corrected chi connectivity index (χ2v) is 7.67. The van der Waals surface area contributed by atoms with E-state index in [9.17, 15) is 24.6 Å². The summed E-state index contributed by atoms with van der Waals surface area (Å²) in [5.74, 6) is -2.55. The number of fused-ring (bicyclic) bond motifs is 2. The molecular formula is C20H17ClO5. The fourth-order valence-electron chi connectivity index (χ4n) is 2.92. The van der Waals surface area contributed by atoms with Gasteiger partial charge in [0.25, 0.3) is 0 Å². The molecule has 3 rings (SSSR count). The minimum atomic E-state index is -0.701. The predicted octanol–water partition coefficient (Wildman–Crippen LogP) is 3.68. The topological polar surface area (TPSA) is 91.7 Å². The van der Waals surface area contributed by atoms with E-state index < -0.39 is 28.5 Å². The van der Waals surface area contributed by atoms with Crippen molar-refractivity contribution in [3.8, 4) is 11.5 Å². The Hall–Kier alpha value is -2.66. The molecule has 6 heteroatoms. The molecule has 1 aliphatic rings. The Balaban J connectivity index is 2.26. The number of carbonyl (C=O) groups excluding carboxylic acids is 3. The van der Waals surface area contributed by atoms with Gasteiger partial charge >= 0.3 is 0 Å². The molecule has 0 aromatic heterocycles. The average Bonchev–Trinajstić information content (AvgIpc) is 2.58. The molecule has 0 heterocycles. The summed E-state index contributed by atoms with van der Waals surface area (Å²) in [5.41, 5.74) is -1.13. The highest BCUT2D eigenvalue weighted by Crippen LogP contribution is 2.45. The molecule has 0 atom stereocenters. The van der Waals surface area contributed by atoms with Crippen LogP contribution in [0.15, 0.2) is 24.3 Å². The molecule has 2 aromatic carbocycles. The summed E-state index contributed by atoms with van der Waals surface area (Å²) in [7, 11) is 0. The lowest BCUT2D eigenvalue weighted by Gasteiger charge is -2.23. The third-order valence-corrected chi connectivity index (χ3v) is 4.93. The minimum absolute atomic E-state index is 0.0524. The number of phenolic OH excluding ortho intramolecular Hbond substituents is 2. The number of rotatable bonds is 2. The Labute approximate surface area is 155 Å². The van der Waals surface area contributed by atoms with Crippen molar-refractivity contribution in [2.24, 2.45) is 5.41 Å². The van der Waals surface area contributed by atoms with E-state index in [1.807, 2.05) is 0 Å². The second kappa shape index (κ2) is 5.95. The molecule has 0 aliphatic heterocycles. The van der Waals surface area contributed by atoms with Gasteiger partial charge < -0.3 is 10.2 Å². The minimum Gasteiger partial charge on any atom is -0.507 e. The highest BCUT2D eigenvalue weighted by molar-refractivity contribution is 6.37. The Morgan fingerprint density at radius 2 is 1.42 bits per heavy atom. The zero-order valence-electron chi connectivity index (χ0n) is 14.5. The summed E-state index contributed by atoms with van der Waals surface area (Å²) in [4.78, 5) is 37.9. The van der Waals surface area contributed by atoms with Crippen molar-refractivity contribution in [3.63, 3.8) is 0 Å². The van der Waals surface area contributed by atoms with E-state index >= 15 is 0 Å². The van der Waals surface area contributed by atoms with Gasteiger partial charge in [-0.05, 0) is 0 Å². The Morgan fingerprint density at radius 3 is 1.88 bits per heavy atom. The molecule has 0 saturated heterocycles. The van der Waals surface area contributed by atoms with Crippen molar-refractivity contribution in [2.75, 3.05) is 0 Å². The fraction of sp³-hybridized carbons (Fsp3) is 0.250.